The van der Waals surface area contributed by atoms with Gasteiger partial charge in [0, 0.05) is 24.3 Å². The van der Waals surface area contributed by atoms with Gasteiger partial charge in [0.2, 0.25) is 11.7 Å². The molecule has 0 aliphatic carbocycles. The number of hydrogen-bond donors (Lipinski definition) is 3. The van der Waals surface area contributed by atoms with Crippen LogP contribution in [0.3, 0.4) is 0 Å². The average Bonchev–Trinajstić information content (AvgIpc) is 3.44. The van der Waals surface area contributed by atoms with Crippen molar-refractivity contribution in [1.82, 2.24) is 25.5 Å². The second-order valence-corrected chi connectivity index (χ2v) is 8.31. The Morgan fingerprint density at radius 1 is 1.31 bits per heavy atom. The van der Waals surface area contributed by atoms with Crippen molar-refractivity contribution < 1.29 is 18.7 Å². The number of anilines is 1. The Morgan fingerprint density at radius 3 is 2.88 bits per heavy atom. The van der Waals surface area contributed by atoms with Crippen LogP contribution in [0.2, 0.25) is 0 Å². The Labute approximate surface area is 184 Å². The quantitative estimate of drug-likeness (QED) is 0.533. The van der Waals surface area contributed by atoms with Crippen molar-refractivity contribution in [2.24, 2.45) is 0 Å². The maximum absolute atomic E-state index is 13.1. The number of amides is 2. The Morgan fingerprint density at radius 2 is 2.16 bits per heavy atom. The molecule has 0 saturated carbocycles. The summed E-state index contributed by atoms with van der Waals surface area (Å²) in [5.41, 5.74) is 0.621. The predicted octanol–water partition coefficient (Wildman–Crippen LogP) is 1.58. The zero-order valence-corrected chi connectivity index (χ0v) is 18.1. The smallest absolute Gasteiger partial charge is 0.254 e. The second-order valence-electron chi connectivity index (χ2n) is 8.31. The van der Waals surface area contributed by atoms with Crippen molar-refractivity contribution >= 4 is 28.9 Å². The molecule has 0 bridgehead atoms. The molecule has 1 atom stereocenters. The molecule has 2 aliphatic heterocycles. The molecule has 1 saturated heterocycles. The molecule has 2 aromatic heterocycles. The highest BCUT2D eigenvalue weighted by molar-refractivity contribution is 5.99. The van der Waals surface area contributed by atoms with Crippen LogP contribution in [0, 0.1) is 0 Å². The first kappa shape index (κ1) is 20.3. The number of furan rings is 1. The highest BCUT2D eigenvalue weighted by Crippen LogP contribution is 2.34. The Balaban J connectivity index is 1.49. The number of hydrogen-bond acceptors (Lipinski definition) is 8. The molecular weight excluding hydrogens is 412 g/mol. The molecule has 3 N–H and O–H groups in total. The van der Waals surface area contributed by atoms with Crippen LogP contribution >= 0.6 is 0 Å². The maximum Gasteiger partial charge on any atom is 0.254 e. The van der Waals surface area contributed by atoms with E-state index in [-0.39, 0.29) is 31.1 Å². The number of ether oxygens (including phenoxy) is 1. The van der Waals surface area contributed by atoms with Gasteiger partial charge >= 0.3 is 0 Å². The van der Waals surface area contributed by atoms with E-state index in [1.807, 2.05) is 26.0 Å². The Hall–Kier alpha value is -3.66. The Bertz CT molecular complexity index is 1220. The Kier molecular flexibility index (Phi) is 4.74. The topological polar surface area (TPSA) is 122 Å². The summed E-state index contributed by atoms with van der Waals surface area (Å²) < 4.78 is 11.3. The summed E-state index contributed by atoms with van der Waals surface area (Å²) in [5.74, 6) is 1.04. The van der Waals surface area contributed by atoms with Gasteiger partial charge in [-0.15, -0.1) is 0 Å². The lowest BCUT2D eigenvalue weighted by Crippen LogP contribution is -2.52. The third-order valence-electron chi connectivity index (χ3n) is 5.76. The minimum atomic E-state index is -1.23. The van der Waals surface area contributed by atoms with Gasteiger partial charge in [-0.1, -0.05) is 6.07 Å². The average molecular weight is 436 g/mol. The molecule has 1 fully saturated rings. The molecule has 10 heteroatoms. The van der Waals surface area contributed by atoms with E-state index in [0.29, 0.717) is 40.7 Å². The summed E-state index contributed by atoms with van der Waals surface area (Å²) >= 11 is 0. The number of rotatable bonds is 6. The fourth-order valence-corrected chi connectivity index (χ4v) is 4.16. The number of fused-ring (bicyclic) bond motifs is 2. The zero-order valence-electron chi connectivity index (χ0n) is 18.1. The lowest BCUT2D eigenvalue weighted by Gasteiger charge is -2.29. The first-order chi connectivity index (χ1) is 15.4. The van der Waals surface area contributed by atoms with Crippen LogP contribution in [-0.4, -0.2) is 53.0 Å². The lowest BCUT2D eigenvalue weighted by atomic mass is 9.95. The monoisotopic (exact) mass is 436 g/mol. The van der Waals surface area contributed by atoms with Crippen LogP contribution < -0.4 is 20.7 Å². The summed E-state index contributed by atoms with van der Waals surface area (Å²) in [6.45, 7) is 4.76. The first-order valence-corrected chi connectivity index (χ1v) is 10.4. The molecule has 1 aromatic carbocycles. The molecule has 0 spiro atoms. The highest BCUT2D eigenvalue weighted by atomic mass is 16.5. The van der Waals surface area contributed by atoms with E-state index in [4.69, 9.17) is 9.15 Å². The van der Waals surface area contributed by atoms with Crippen LogP contribution in [-0.2, 0) is 16.9 Å². The number of nitrogens with one attached hydrogen (secondary N) is 3. The molecule has 10 nitrogen and oxygen atoms in total. The van der Waals surface area contributed by atoms with Gasteiger partial charge in [0.1, 0.15) is 11.5 Å². The number of nitrogens with zero attached hydrogens (tertiary/aromatic N) is 3. The van der Waals surface area contributed by atoms with Gasteiger partial charge in [-0.2, -0.15) is 4.98 Å². The van der Waals surface area contributed by atoms with E-state index in [1.54, 1.807) is 30.3 Å². The number of carbonyl (C=O) groups is 2. The molecule has 1 unspecified atom stereocenters. The van der Waals surface area contributed by atoms with Gasteiger partial charge in [-0.3, -0.25) is 14.9 Å². The van der Waals surface area contributed by atoms with Gasteiger partial charge in [-0.25, -0.2) is 4.98 Å². The van der Waals surface area contributed by atoms with E-state index in [0.717, 1.165) is 5.56 Å². The van der Waals surface area contributed by atoms with Crippen molar-refractivity contribution in [3.05, 3.63) is 47.3 Å². The van der Waals surface area contributed by atoms with Gasteiger partial charge < -0.3 is 24.7 Å². The number of aromatic nitrogens is 2. The van der Waals surface area contributed by atoms with Crippen molar-refractivity contribution in [2.75, 3.05) is 25.6 Å². The third-order valence-corrected chi connectivity index (χ3v) is 5.76. The SMILES string of the molecule is COc1ccc2c(c1)C(=O)N(CC1(c3cc4cnc(NC(C)C)nc4o3)NCNC1=O)C2. The van der Waals surface area contributed by atoms with E-state index < -0.39 is 5.54 Å². The molecule has 32 heavy (non-hydrogen) atoms. The fourth-order valence-electron chi connectivity index (χ4n) is 4.16. The third kappa shape index (κ3) is 3.23. The maximum atomic E-state index is 13.1. The molecule has 2 amide bonds. The lowest BCUT2D eigenvalue weighted by molar-refractivity contribution is -0.125. The van der Waals surface area contributed by atoms with E-state index in [1.165, 1.54) is 0 Å². The second kappa shape index (κ2) is 7.49. The number of carbonyl (C=O) groups excluding carboxylic acids is 2. The minimum Gasteiger partial charge on any atom is -0.497 e. The van der Waals surface area contributed by atoms with Crippen molar-refractivity contribution in [2.45, 2.75) is 32.0 Å². The predicted molar refractivity (Wildman–Crippen MR) is 116 cm³/mol. The van der Waals surface area contributed by atoms with Crippen LogP contribution in [0.5, 0.6) is 5.75 Å². The summed E-state index contributed by atoms with van der Waals surface area (Å²) in [5, 5.41) is 9.82. The first-order valence-electron chi connectivity index (χ1n) is 10.4. The van der Waals surface area contributed by atoms with Crippen LogP contribution in [0.4, 0.5) is 5.95 Å². The number of benzene rings is 1. The standard InChI is InChI=1S/C22H24N6O4/c1-12(2)26-21-23-8-14-6-17(32-18(14)27-21)22(20(30)24-11-25-22)10-28-9-13-4-5-15(31-3)7-16(13)19(28)29/h4-8,12,25H,9-11H2,1-3H3,(H,24,30)(H,23,26,27). The van der Waals surface area contributed by atoms with Crippen LogP contribution in [0.15, 0.2) is 34.9 Å². The normalized spacial score (nSPS) is 20.2. The number of methoxy groups -OCH3 is 1. The fraction of sp³-hybridized carbons (Fsp3) is 0.364. The largest absolute Gasteiger partial charge is 0.497 e. The van der Waals surface area contributed by atoms with Gasteiger partial charge in [0.25, 0.3) is 11.8 Å². The molecule has 3 aromatic rings. The molecule has 5 rings (SSSR count). The molecule has 166 valence electrons. The minimum absolute atomic E-state index is 0.110. The van der Waals surface area contributed by atoms with Crippen LogP contribution in [0.1, 0.15) is 35.5 Å². The summed E-state index contributed by atoms with van der Waals surface area (Å²) in [6.07, 6.45) is 1.66. The van der Waals surface area contributed by atoms with Crippen LogP contribution in [0.25, 0.3) is 11.1 Å². The molecule has 2 aliphatic rings. The van der Waals surface area contributed by atoms with Crippen molar-refractivity contribution in [3.63, 3.8) is 0 Å². The van der Waals surface area contributed by atoms with Gasteiger partial charge in [0.15, 0.2) is 5.54 Å². The molecular formula is C22H24N6O4. The van der Waals surface area contributed by atoms with E-state index in [2.05, 4.69) is 25.9 Å². The molecule has 0 radical (unpaired) electrons. The van der Waals surface area contributed by atoms with E-state index >= 15 is 0 Å². The zero-order chi connectivity index (χ0) is 22.5. The molecule has 4 heterocycles. The summed E-state index contributed by atoms with van der Waals surface area (Å²) in [6, 6.07) is 7.35. The highest BCUT2D eigenvalue weighted by Gasteiger charge is 2.50. The summed E-state index contributed by atoms with van der Waals surface area (Å²) in [4.78, 5) is 36.5. The van der Waals surface area contributed by atoms with E-state index in [9.17, 15) is 9.59 Å². The van der Waals surface area contributed by atoms with Crippen molar-refractivity contribution in [1.29, 1.82) is 0 Å². The van der Waals surface area contributed by atoms with Crippen molar-refractivity contribution in [3.8, 4) is 5.75 Å². The van der Waals surface area contributed by atoms with Gasteiger partial charge in [0.05, 0.1) is 25.7 Å². The summed E-state index contributed by atoms with van der Waals surface area (Å²) in [7, 11) is 1.56. The van der Waals surface area contributed by atoms with Gasteiger partial charge in [-0.05, 0) is 37.6 Å².